The maximum Gasteiger partial charge on any atom is 0.240 e. The molecule has 0 spiro atoms. The number of piperazine rings is 1. The van der Waals surface area contributed by atoms with E-state index in [-0.39, 0.29) is 30.9 Å². The lowest BCUT2D eigenvalue weighted by atomic mass is 10.0. The number of nitrogens with zero attached hydrogens (tertiary/aromatic N) is 1. The summed E-state index contributed by atoms with van der Waals surface area (Å²) >= 11 is 0. The number of hydrogen-bond donors (Lipinski definition) is 1. The number of ether oxygens (including phenoxy) is 1. The molecule has 0 saturated carbocycles. The van der Waals surface area contributed by atoms with Crippen LogP contribution in [-0.2, 0) is 14.3 Å². The van der Waals surface area contributed by atoms with E-state index in [1.165, 1.54) is 0 Å². The smallest absolute Gasteiger partial charge is 0.240 e. The number of nitrogens with one attached hydrogen (secondary N) is 1. The fourth-order valence-corrected chi connectivity index (χ4v) is 1.85. The number of rotatable bonds is 5. The average Bonchev–Trinajstić information content (AvgIpc) is 2.16. The normalized spacial score (nSPS) is 20.0. The Labute approximate surface area is 96.1 Å². The van der Waals surface area contributed by atoms with Crippen molar-refractivity contribution in [2.24, 2.45) is 5.92 Å². The van der Waals surface area contributed by atoms with Crippen LogP contribution in [0.1, 0.15) is 20.8 Å². The minimum atomic E-state index is -0.224. The fourth-order valence-electron chi connectivity index (χ4n) is 1.85. The van der Waals surface area contributed by atoms with Crippen LogP contribution in [0.15, 0.2) is 0 Å². The number of carbonyl (C=O) groups is 2. The van der Waals surface area contributed by atoms with Crippen molar-refractivity contribution in [1.29, 1.82) is 0 Å². The molecule has 5 nitrogen and oxygen atoms in total. The first-order valence-corrected chi connectivity index (χ1v) is 5.69. The molecular weight excluding hydrogens is 208 g/mol. The van der Waals surface area contributed by atoms with Gasteiger partial charge < -0.3 is 4.74 Å². The molecule has 1 rings (SSSR count). The highest BCUT2D eigenvalue weighted by Crippen LogP contribution is 2.12. The molecule has 2 amide bonds. The summed E-state index contributed by atoms with van der Waals surface area (Å²) in [5, 5.41) is 2.30. The van der Waals surface area contributed by atoms with Crippen molar-refractivity contribution in [2.45, 2.75) is 26.8 Å². The monoisotopic (exact) mass is 228 g/mol. The van der Waals surface area contributed by atoms with Gasteiger partial charge in [0.15, 0.2) is 0 Å². The Morgan fingerprint density at radius 3 is 2.31 bits per heavy atom. The Kier molecular flexibility index (Phi) is 4.89. The van der Waals surface area contributed by atoms with Crippen molar-refractivity contribution in [3.8, 4) is 0 Å². The van der Waals surface area contributed by atoms with Gasteiger partial charge in [0.2, 0.25) is 11.8 Å². The summed E-state index contributed by atoms with van der Waals surface area (Å²) in [6, 6.07) is 0.120. The van der Waals surface area contributed by atoms with E-state index in [0.29, 0.717) is 19.1 Å². The summed E-state index contributed by atoms with van der Waals surface area (Å²) in [5.74, 6) is -0.0953. The van der Waals surface area contributed by atoms with Gasteiger partial charge in [-0.15, -0.1) is 0 Å². The predicted molar refractivity (Wildman–Crippen MR) is 59.8 cm³/mol. The van der Waals surface area contributed by atoms with Crippen LogP contribution in [0, 0.1) is 5.92 Å². The third-order valence-corrected chi connectivity index (χ3v) is 2.70. The van der Waals surface area contributed by atoms with Crippen molar-refractivity contribution < 1.29 is 14.3 Å². The summed E-state index contributed by atoms with van der Waals surface area (Å²) in [6.07, 6.45) is 0. The molecule has 1 N–H and O–H groups in total. The predicted octanol–water partition coefficient (Wildman–Crippen LogP) is 0.00590. The van der Waals surface area contributed by atoms with Gasteiger partial charge in [-0.1, -0.05) is 13.8 Å². The largest absolute Gasteiger partial charge is 0.380 e. The van der Waals surface area contributed by atoms with E-state index >= 15 is 0 Å². The third-order valence-electron chi connectivity index (χ3n) is 2.70. The lowest BCUT2D eigenvalue weighted by Gasteiger charge is -2.35. The van der Waals surface area contributed by atoms with Gasteiger partial charge in [0, 0.05) is 12.6 Å². The molecule has 92 valence electrons. The van der Waals surface area contributed by atoms with Crippen LogP contribution in [0.5, 0.6) is 0 Å². The molecule has 1 fully saturated rings. The summed E-state index contributed by atoms with van der Waals surface area (Å²) in [7, 11) is 0. The molecule has 0 aromatic carbocycles. The second-order valence-corrected chi connectivity index (χ2v) is 4.35. The maximum absolute atomic E-state index is 11.3. The van der Waals surface area contributed by atoms with Crippen molar-refractivity contribution in [2.75, 3.05) is 26.3 Å². The zero-order chi connectivity index (χ0) is 12.1. The first-order valence-electron chi connectivity index (χ1n) is 5.69. The Balaban J connectivity index is 2.62. The Morgan fingerprint density at radius 2 is 1.88 bits per heavy atom. The van der Waals surface area contributed by atoms with E-state index in [4.69, 9.17) is 4.74 Å². The highest BCUT2D eigenvalue weighted by molar-refractivity contribution is 5.99. The van der Waals surface area contributed by atoms with Crippen molar-refractivity contribution in [3.05, 3.63) is 0 Å². The van der Waals surface area contributed by atoms with Crippen molar-refractivity contribution in [1.82, 2.24) is 10.2 Å². The van der Waals surface area contributed by atoms with Crippen LogP contribution >= 0.6 is 0 Å². The van der Waals surface area contributed by atoms with E-state index in [0.717, 1.165) is 0 Å². The lowest BCUT2D eigenvalue weighted by molar-refractivity contribution is -0.138. The second kappa shape index (κ2) is 5.96. The molecular formula is C11H20N2O3. The SMILES string of the molecule is CCOCC(C(C)C)N1CC(=O)NC(=O)C1. The molecule has 0 radical (unpaired) electrons. The van der Waals surface area contributed by atoms with Gasteiger partial charge in [-0.25, -0.2) is 0 Å². The summed E-state index contributed by atoms with van der Waals surface area (Å²) in [6.45, 7) is 7.85. The number of carbonyl (C=O) groups excluding carboxylic acids is 2. The zero-order valence-corrected chi connectivity index (χ0v) is 10.2. The number of hydrogen-bond acceptors (Lipinski definition) is 4. The minimum Gasteiger partial charge on any atom is -0.380 e. The van der Waals surface area contributed by atoms with Crippen LogP contribution in [0.25, 0.3) is 0 Å². The molecule has 1 heterocycles. The van der Waals surface area contributed by atoms with E-state index in [2.05, 4.69) is 19.2 Å². The molecule has 1 aliphatic rings. The Bertz CT molecular complexity index is 250. The van der Waals surface area contributed by atoms with E-state index in [1.807, 2.05) is 11.8 Å². The van der Waals surface area contributed by atoms with Gasteiger partial charge in [0.25, 0.3) is 0 Å². The topological polar surface area (TPSA) is 58.6 Å². The van der Waals surface area contributed by atoms with Crippen LogP contribution in [-0.4, -0.2) is 49.1 Å². The quantitative estimate of drug-likeness (QED) is 0.673. The molecule has 1 atom stereocenters. The summed E-state index contributed by atoms with van der Waals surface area (Å²) in [5.41, 5.74) is 0. The second-order valence-electron chi connectivity index (χ2n) is 4.35. The van der Waals surface area contributed by atoms with Crippen LogP contribution in [0.3, 0.4) is 0 Å². The maximum atomic E-state index is 11.3. The van der Waals surface area contributed by atoms with Gasteiger partial charge in [0.1, 0.15) is 0 Å². The molecule has 0 bridgehead atoms. The molecule has 5 heteroatoms. The molecule has 1 aliphatic heterocycles. The van der Waals surface area contributed by atoms with Gasteiger partial charge in [-0.05, 0) is 12.8 Å². The summed E-state index contributed by atoms with van der Waals surface area (Å²) in [4.78, 5) is 24.4. The molecule has 0 aromatic rings. The van der Waals surface area contributed by atoms with Crippen LogP contribution in [0.2, 0.25) is 0 Å². The van der Waals surface area contributed by atoms with Gasteiger partial charge in [0.05, 0.1) is 19.7 Å². The van der Waals surface area contributed by atoms with Crippen molar-refractivity contribution in [3.63, 3.8) is 0 Å². The molecule has 1 saturated heterocycles. The number of amides is 2. The highest BCUT2D eigenvalue weighted by atomic mass is 16.5. The standard InChI is InChI=1S/C11H20N2O3/c1-4-16-7-9(8(2)3)13-5-10(14)12-11(15)6-13/h8-9H,4-7H2,1-3H3,(H,12,14,15). The van der Waals surface area contributed by atoms with E-state index in [1.54, 1.807) is 0 Å². The minimum absolute atomic E-state index is 0.120. The van der Waals surface area contributed by atoms with Crippen molar-refractivity contribution >= 4 is 11.8 Å². The third kappa shape index (κ3) is 3.57. The lowest BCUT2D eigenvalue weighted by Crippen LogP contribution is -2.56. The Hall–Kier alpha value is -0.940. The highest BCUT2D eigenvalue weighted by Gasteiger charge is 2.30. The fraction of sp³-hybridized carbons (Fsp3) is 0.818. The average molecular weight is 228 g/mol. The number of imide groups is 1. The molecule has 16 heavy (non-hydrogen) atoms. The first-order chi connectivity index (χ1) is 7.54. The molecule has 0 aromatic heterocycles. The summed E-state index contributed by atoms with van der Waals surface area (Å²) < 4.78 is 5.40. The Morgan fingerprint density at radius 1 is 1.31 bits per heavy atom. The van der Waals surface area contributed by atoms with E-state index < -0.39 is 0 Å². The molecule has 0 aliphatic carbocycles. The van der Waals surface area contributed by atoms with Gasteiger partial charge in [-0.3, -0.25) is 19.8 Å². The molecule has 1 unspecified atom stereocenters. The van der Waals surface area contributed by atoms with Gasteiger partial charge >= 0.3 is 0 Å². The van der Waals surface area contributed by atoms with E-state index in [9.17, 15) is 9.59 Å². The van der Waals surface area contributed by atoms with Crippen LogP contribution < -0.4 is 5.32 Å². The van der Waals surface area contributed by atoms with Gasteiger partial charge in [-0.2, -0.15) is 0 Å². The van der Waals surface area contributed by atoms with Crippen LogP contribution in [0.4, 0.5) is 0 Å². The zero-order valence-electron chi connectivity index (χ0n) is 10.2. The first kappa shape index (κ1) is 13.1.